The van der Waals surface area contributed by atoms with Gasteiger partial charge in [-0.2, -0.15) is 5.10 Å². The van der Waals surface area contributed by atoms with E-state index in [1.54, 1.807) is 12.1 Å². The Hall–Kier alpha value is -3.01. The van der Waals surface area contributed by atoms with E-state index in [0.29, 0.717) is 0 Å². The first-order valence-corrected chi connectivity index (χ1v) is 9.45. The van der Waals surface area contributed by atoms with Crippen molar-refractivity contribution in [2.75, 3.05) is 0 Å². The average molecular weight is 357 g/mol. The molecule has 0 N–H and O–H groups in total. The van der Waals surface area contributed by atoms with E-state index in [4.69, 9.17) is 10.1 Å². The third-order valence-corrected chi connectivity index (χ3v) is 5.38. The van der Waals surface area contributed by atoms with Crippen molar-refractivity contribution in [3.63, 3.8) is 0 Å². The molecule has 0 unspecified atom stereocenters. The molecule has 0 amide bonds. The molecule has 3 nitrogen and oxygen atoms in total. The van der Waals surface area contributed by atoms with Crippen LogP contribution in [0, 0.1) is 12.7 Å². The fourth-order valence-corrected chi connectivity index (χ4v) is 4.18. The van der Waals surface area contributed by atoms with Crippen molar-refractivity contribution in [3.8, 4) is 16.8 Å². The molecule has 5 rings (SSSR count). The van der Waals surface area contributed by atoms with Gasteiger partial charge in [-0.15, -0.1) is 0 Å². The maximum Gasteiger partial charge on any atom is 0.164 e. The standard InChI is InChI=1S/C23H20FN3/c1-15-21-22(16-8-7-9-17(24)14-16)19-12-5-6-13-20(19)25-23(21)27(26-15)18-10-3-2-4-11-18/h2-4,7-11,14H,5-6,12-13H2,1H3. The highest BCUT2D eigenvalue weighted by Crippen LogP contribution is 2.38. The zero-order valence-corrected chi connectivity index (χ0v) is 15.2. The third-order valence-electron chi connectivity index (χ3n) is 5.38. The fourth-order valence-electron chi connectivity index (χ4n) is 4.18. The van der Waals surface area contributed by atoms with Crippen LogP contribution in [-0.4, -0.2) is 14.8 Å². The lowest BCUT2D eigenvalue weighted by molar-refractivity contribution is 0.628. The fraction of sp³-hybridized carbons (Fsp3) is 0.217. The van der Waals surface area contributed by atoms with Crippen LogP contribution in [0.4, 0.5) is 4.39 Å². The van der Waals surface area contributed by atoms with E-state index in [1.807, 2.05) is 48.0 Å². The predicted octanol–water partition coefficient (Wildman–Crippen LogP) is 5.41. The molecule has 0 radical (unpaired) electrons. The molecule has 2 aromatic heterocycles. The van der Waals surface area contributed by atoms with Crippen LogP contribution in [0.2, 0.25) is 0 Å². The predicted molar refractivity (Wildman–Crippen MR) is 106 cm³/mol. The molecule has 0 saturated carbocycles. The van der Waals surface area contributed by atoms with Crippen molar-refractivity contribution in [3.05, 3.63) is 77.4 Å². The first kappa shape index (κ1) is 16.2. The molecule has 2 aromatic carbocycles. The first-order valence-electron chi connectivity index (χ1n) is 9.45. The van der Waals surface area contributed by atoms with Gasteiger partial charge in [0.05, 0.1) is 16.8 Å². The normalized spacial score (nSPS) is 13.7. The number of nitrogens with zero attached hydrogens (tertiary/aromatic N) is 3. The molecule has 1 aliphatic carbocycles. The summed E-state index contributed by atoms with van der Waals surface area (Å²) in [6.07, 6.45) is 4.24. The summed E-state index contributed by atoms with van der Waals surface area (Å²) in [6, 6.07) is 17.0. The van der Waals surface area contributed by atoms with Crippen molar-refractivity contribution >= 4 is 11.0 Å². The van der Waals surface area contributed by atoms with Crippen LogP contribution in [0.15, 0.2) is 54.6 Å². The van der Waals surface area contributed by atoms with Gasteiger partial charge >= 0.3 is 0 Å². The van der Waals surface area contributed by atoms with Crippen molar-refractivity contribution in [1.29, 1.82) is 0 Å². The minimum atomic E-state index is -0.213. The minimum Gasteiger partial charge on any atom is -0.233 e. The highest BCUT2D eigenvalue weighted by atomic mass is 19.1. The molecular weight excluding hydrogens is 337 g/mol. The number of aromatic nitrogens is 3. The van der Waals surface area contributed by atoms with E-state index in [-0.39, 0.29) is 5.82 Å². The molecule has 0 spiro atoms. The Morgan fingerprint density at radius 2 is 1.78 bits per heavy atom. The van der Waals surface area contributed by atoms with Crippen LogP contribution in [0.3, 0.4) is 0 Å². The van der Waals surface area contributed by atoms with Crippen molar-refractivity contribution < 1.29 is 4.39 Å². The van der Waals surface area contributed by atoms with Gasteiger partial charge in [0.1, 0.15) is 5.82 Å². The zero-order chi connectivity index (χ0) is 18.4. The lowest BCUT2D eigenvalue weighted by Crippen LogP contribution is -2.09. The summed E-state index contributed by atoms with van der Waals surface area (Å²) in [7, 11) is 0. The van der Waals surface area contributed by atoms with E-state index < -0.39 is 0 Å². The van der Waals surface area contributed by atoms with Gasteiger partial charge < -0.3 is 0 Å². The molecule has 4 aromatic rings. The number of aryl methyl sites for hydroxylation is 2. The third kappa shape index (κ3) is 2.64. The Bertz CT molecular complexity index is 1150. The summed E-state index contributed by atoms with van der Waals surface area (Å²) in [5, 5.41) is 5.83. The number of fused-ring (bicyclic) bond motifs is 2. The number of pyridine rings is 1. The lowest BCUT2D eigenvalue weighted by Gasteiger charge is -2.20. The Morgan fingerprint density at radius 1 is 0.963 bits per heavy atom. The molecular formula is C23H20FN3. The molecule has 27 heavy (non-hydrogen) atoms. The SMILES string of the molecule is Cc1nn(-c2ccccc2)c2nc3c(c(-c4cccc(F)c4)c12)CCCC3. The number of hydrogen-bond acceptors (Lipinski definition) is 2. The highest BCUT2D eigenvalue weighted by molar-refractivity contribution is 5.97. The summed E-state index contributed by atoms with van der Waals surface area (Å²) in [5.41, 5.74) is 7.18. The van der Waals surface area contributed by atoms with E-state index >= 15 is 0 Å². The molecule has 0 bridgehead atoms. The van der Waals surface area contributed by atoms with Crippen LogP contribution in [0.5, 0.6) is 0 Å². The summed E-state index contributed by atoms with van der Waals surface area (Å²) >= 11 is 0. The Labute approximate surface area is 157 Å². The van der Waals surface area contributed by atoms with Crippen molar-refractivity contribution in [2.24, 2.45) is 0 Å². The summed E-state index contributed by atoms with van der Waals surface area (Å²) in [4.78, 5) is 5.03. The number of hydrogen-bond donors (Lipinski definition) is 0. The molecule has 0 aliphatic heterocycles. The minimum absolute atomic E-state index is 0.213. The molecule has 0 atom stereocenters. The Balaban J connectivity index is 1.89. The second kappa shape index (κ2) is 6.31. The lowest BCUT2D eigenvalue weighted by atomic mass is 9.87. The maximum atomic E-state index is 14.0. The molecule has 4 heteroatoms. The van der Waals surface area contributed by atoms with Crippen LogP contribution < -0.4 is 0 Å². The van der Waals surface area contributed by atoms with Gasteiger partial charge in [0.25, 0.3) is 0 Å². The maximum absolute atomic E-state index is 14.0. The van der Waals surface area contributed by atoms with Gasteiger partial charge in [0, 0.05) is 5.69 Å². The number of halogens is 1. The second-order valence-corrected chi connectivity index (χ2v) is 7.16. The smallest absolute Gasteiger partial charge is 0.164 e. The first-order chi connectivity index (χ1) is 13.2. The number of rotatable bonds is 2. The van der Waals surface area contributed by atoms with Crippen LogP contribution in [0.1, 0.15) is 29.8 Å². The highest BCUT2D eigenvalue weighted by Gasteiger charge is 2.24. The van der Waals surface area contributed by atoms with Crippen molar-refractivity contribution in [2.45, 2.75) is 32.6 Å². The second-order valence-electron chi connectivity index (χ2n) is 7.16. The molecule has 1 aliphatic rings. The van der Waals surface area contributed by atoms with E-state index in [2.05, 4.69) is 0 Å². The summed E-state index contributed by atoms with van der Waals surface area (Å²) in [5.74, 6) is -0.213. The summed E-state index contributed by atoms with van der Waals surface area (Å²) < 4.78 is 15.9. The Kier molecular flexibility index (Phi) is 3.78. The van der Waals surface area contributed by atoms with E-state index in [0.717, 1.165) is 64.9 Å². The number of benzene rings is 2. The average Bonchev–Trinajstić information content (AvgIpc) is 3.03. The summed E-state index contributed by atoms with van der Waals surface area (Å²) in [6.45, 7) is 2.02. The van der Waals surface area contributed by atoms with Gasteiger partial charge in [0.15, 0.2) is 5.65 Å². The molecule has 134 valence electrons. The van der Waals surface area contributed by atoms with Gasteiger partial charge in [-0.25, -0.2) is 14.1 Å². The molecule has 0 fully saturated rings. The van der Waals surface area contributed by atoms with E-state index in [1.165, 1.54) is 11.6 Å². The Morgan fingerprint density at radius 3 is 2.59 bits per heavy atom. The topological polar surface area (TPSA) is 30.7 Å². The van der Waals surface area contributed by atoms with Gasteiger partial charge in [-0.05, 0) is 73.6 Å². The van der Waals surface area contributed by atoms with Crippen LogP contribution in [-0.2, 0) is 12.8 Å². The van der Waals surface area contributed by atoms with Crippen molar-refractivity contribution in [1.82, 2.24) is 14.8 Å². The number of para-hydroxylation sites is 1. The largest absolute Gasteiger partial charge is 0.233 e. The quantitative estimate of drug-likeness (QED) is 0.480. The molecule has 0 saturated heterocycles. The van der Waals surface area contributed by atoms with Gasteiger partial charge in [-0.3, -0.25) is 0 Å². The van der Waals surface area contributed by atoms with Gasteiger partial charge in [-0.1, -0.05) is 30.3 Å². The monoisotopic (exact) mass is 357 g/mol. The van der Waals surface area contributed by atoms with Crippen LogP contribution in [0.25, 0.3) is 27.8 Å². The molecule has 2 heterocycles. The zero-order valence-electron chi connectivity index (χ0n) is 15.2. The van der Waals surface area contributed by atoms with Crippen LogP contribution >= 0.6 is 0 Å². The van der Waals surface area contributed by atoms with Gasteiger partial charge in [0.2, 0.25) is 0 Å². The van der Waals surface area contributed by atoms with E-state index in [9.17, 15) is 4.39 Å².